The fraction of sp³-hybridized carbons (Fsp3) is 0.111. The zero-order valence-corrected chi connectivity index (χ0v) is 13.3. The lowest BCUT2D eigenvalue weighted by molar-refractivity contribution is -0.384. The molecule has 0 aliphatic carbocycles. The van der Waals surface area contributed by atoms with Crippen LogP contribution in [0.1, 0.15) is 17.3 Å². The summed E-state index contributed by atoms with van der Waals surface area (Å²) in [5, 5.41) is 10.8. The number of aromatic nitrogens is 1. The molecule has 0 unspecified atom stereocenters. The maximum absolute atomic E-state index is 12.5. The van der Waals surface area contributed by atoms with Crippen LogP contribution in [-0.2, 0) is 4.74 Å². The molecule has 0 amide bonds. The van der Waals surface area contributed by atoms with E-state index in [4.69, 9.17) is 4.74 Å². The van der Waals surface area contributed by atoms with Crippen LogP contribution in [0.5, 0.6) is 0 Å². The average Bonchev–Trinajstić information content (AvgIpc) is 2.62. The Hall–Kier alpha value is -3.48. The summed E-state index contributed by atoms with van der Waals surface area (Å²) in [6.45, 7) is 1.89. The van der Waals surface area contributed by atoms with Crippen molar-refractivity contribution in [1.29, 1.82) is 0 Å². The topological polar surface area (TPSA) is 90.9 Å². The molecule has 0 aliphatic heterocycles. The van der Waals surface area contributed by atoms with Crippen LogP contribution in [-0.4, -0.2) is 21.9 Å². The Kier molecular flexibility index (Phi) is 4.30. The Labute approximate surface area is 142 Å². The summed E-state index contributed by atoms with van der Waals surface area (Å²) < 4.78 is 6.50. The first kappa shape index (κ1) is 16.4. The van der Waals surface area contributed by atoms with Crippen LogP contribution < -0.4 is 5.56 Å². The van der Waals surface area contributed by atoms with Crippen LogP contribution in [0.25, 0.3) is 16.6 Å². The van der Waals surface area contributed by atoms with Crippen molar-refractivity contribution in [3.63, 3.8) is 0 Å². The summed E-state index contributed by atoms with van der Waals surface area (Å²) in [5.41, 5.74) is 1.19. The Morgan fingerprint density at radius 3 is 2.56 bits per heavy atom. The smallest absolute Gasteiger partial charge is 0.340 e. The molecule has 0 saturated heterocycles. The number of carbonyl (C=O) groups excluding carboxylic acids is 1. The fourth-order valence-electron chi connectivity index (χ4n) is 2.65. The Morgan fingerprint density at radius 1 is 1.20 bits per heavy atom. The van der Waals surface area contributed by atoms with Gasteiger partial charge in [-0.2, -0.15) is 0 Å². The van der Waals surface area contributed by atoms with Gasteiger partial charge in [0, 0.05) is 30.0 Å². The SMILES string of the molecule is CCOC(=O)c1c(-c2ccc([N+](=O)[O-])cc2)cc(=O)n2ccccc12. The number of benzene rings is 1. The molecule has 3 aromatic rings. The van der Waals surface area contributed by atoms with Gasteiger partial charge in [-0.3, -0.25) is 19.3 Å². The van der Waals surface area contributed by atoms with Crippen molar-refractivity contribution < 1.29 is 14.5 Å². The second kappa shape index (κ2) is 6.56. The van der Waals surface area contributed by atoms with Crippen molar-refractivity contribution in [2.75, 3.05) is 6.61 Å². The van der Waals surface area contributed by atoms with Gasteiger partial charge in [0.25, 0.3) is 11.2 Å². The second-order valence-corrected chi connectivity index (χ2v) is 5.25. The minimum absolute atomic E-state index is 0.0704. The molecule has 25 heavy (non-hydrogen) atoms. The summed E-state index contributed by atoms with van der Waals surface area (Å²) in [6.07, 6.45) is 1.57. The first-order valence-corrected chi connectivity index (χ1v) is 7.59. The molecular formula is C18H14N2O5. The van der Waals surface area contributed by atoms with Crippen LogP contribution in [0.3, 0.4) is 0 Å². The summed E-state index contributed by atoms with van der Waals surface area (Å²) in [6, 6.07) is 12.1. The van der Waals surface area contributed by atoms with Crippen LogP contribution in [0.4, 0.5) is 5.69 Å². The highest BCUT2D eigenvalue weighted by atomic mass is 16.6. The molecule has 0 saturated carbocycles. The zero-order valence-electron chi connectivity index (χ0n) is 13.3. The normalized spacial score (nSPS) is 10.6. The second-order valence-electron chi connectivity index (χ2n) is 5.25. The standard InChI is InChI=1S/C18H14N2O5/c1-2-25-18(22)17-14(12-6-8-13(9-7-12)20(23)24)11-16(21)19-10-4-3-5-15(17)19/h3-11H,2H2,1H3. The highest BCUT2D eigenvalue weighted by Crippen LogP contribution is 2.28. The molecule has 0 spiro atoms. The third-order valence-electron chi connectivity index (χ3n) is 3.76. The zero-order chi connectivity index (χ0) is 18.0. The van der Waals surface area contributed by atoms with Gasteiger partial charge in [-0.25, -0.2) is 4.79 Å². The summed E-state index contributed by atoms with van der Waals surface area (Å²) in [7, 11) is 0. The van der Waals surface area contributed by atoms with Gasteiger partial charge in [-0.05, 0) is 36.8 Å². The van der Waals surface area contributed by atoms with E-state index in [2.05, 4.69) is 0 Å². The number of fused-ring (bicyclic) bond motifs is 1. The molecule has 3 rings (SSSR count). The number of carbonyl (C=O) groups is 1. The molecule has 7 nitrogen and oxygen atoms in total. The number of rotatable bonds is 4. The molecular weight excluding hydrogens is 324 g/mol. The lowest BCUT2D eigenvalue weighted by atomic mass is 9.99. The summed E-state index contributed by atoms with van der Waals surface area (Å²) >= 11 is 0. The number of esters is 1. The van der Waals surface area contributed by atoms with E-state index in [1.807, 2.05) is 0 Å². The fourth-order valence-corrected chi connectivity index (χ4v) is 2.65. The van der Waals surface area contributed by atoms with Crippen LogP contribution in [0.2, 0.25) is 0 Å². The third kappa shape index (κ3) is 2.99. The van der Waals surface area contributed by atoms with E-state index >= 15 is 0 Å². The van der Waals surface area contributed by atoms with Gasteiger partial charge < -0.3 is 4.74 Å². The number of nitrogens with zero attached hydrogens (tertiary/aromatic N) is 2. The van der Waals surface area contributed by atoms with E-state index in [9.17, 15) is 19.7 Å². The Balaban J connectivity index is 2.29. The average molecular weight is 338 g/mol. The molecule has 2 heterocycles. The van der Waals surface area contributed by atoms with Gasteiger partial charge in [-0.15, -0.1) is 0 Å². The van der Waals surface area contributed by atoms with Crippen molar-refractivity contribution in [2.24, 2.45) is 0 Å². The number of ether oxygens (including phenoxy) is 1. The molecule has 0 radical (unpaired) electrons. The molecule has 126 valence electrons. The molecule has 0 N–H and O–H groups in total. The van der Waals surface area contributed by atoms with Crippen LogP contribution >= 0.6 is 0 Å². The molecule has 2 aromatic heterocycles. The number of hydrogen-bond donors (Lipinski definition) is 0. The van der Waals surface area contributed by atoms with Gasteiger partial charge in [0.15, 0.2) is 0 Å². The lowest BCUT2D eigenvalue weighted by Crippen LogP contribution is -2.18. The van der Waals surface area contributed by atoms with E-state index in [0.717, 1.165) is 0 Å². The highest BCUT2D eigenvalue weighted by molar-refractivity contribution is 6.04. The van der Waals surface area contributed by atoms with E-state index in [-0.39, 0.29) is 23.4 Å². The summed E-state index contributed by atoms with van der Waals surface area (Å²) in [4.78, 5) is 35.2. The molecule has 7 heteroatoms. The van der Waals surface area contributed by atoms with E-state index < -0.39 is 10.9 Å². The van der Waals surface area contributed by atoms with Gasteiger partial charge >= 0.3 is 5.97 Å². The van der Waals surface area contributed by atoms with Crippen molar-refractivity contribution in [3.8, 4) is 11.1 Å². The number of pyridine rings is 2. The lowest BCUT2D eigenvalue weighted by Gasteiger charge is -2.12. The van der Waals surface area contributed by atoms with Crippen LogP contribution in [0.15, 0.2) is 59.5 Å². The first-order valence-electron chi connectivity index (χ1n) is 7.59. The van der Waals surface area contributed by atoms with Gasteiger partial charge in [0.05, 0.1) is 22.6 Å². The number of nitro benzene ring substituents is 1. The Bertz CT molecular complexity index is 1020. The largest absolute Gasteiger partial charge is 0.462 e. The third-order valence-corrected chi connectivity index (χ3v) is 3.76. The van der Waals surface area contributed by atoms with Crippen molar-refractivity contribution >= 4 is 17.2 Å². The Morgan fingerprint density at radius 2 is 1.92 bits per heavy atom. The van der Waals surface area contributed by atoms with Crippen molar-refractivity contribution in [3.05, 3.63) is 80.8 Å². The maximum atomic E-state index is 12.5. The highest BCUT2D eigenvalue weighted by Gasteiger charge is 2.20. The van der Waals surface area contributed by atoms with E-state index in [1.54, 1.807) is 31.3 Å². The minimum Gasteiger partial charge on any atom is -0.462 e. The molecule has 1 aromatic carbocycles. The number of hydrogen-bond acceptors (Lipinski definition) is 5. The van der Waals surface area contributed by atoms with Crippen molar-refractivity contribution in [1.82, 2.24) is 4.40 Å². The van der Waals surface area contributed by atoms with Crippen LogP contribution in [0, 0.1) is 10.1 Å². The number of nitro groups is 1. The van der Waals surface area contributed by atoms with E-state index in [0.29, 0.717) is 16.6 Å². The summed E-state index contributed by atoms with van der Waals surface area (Å²) in [5.74, 6) is -0.556. The van der Waals surface area contributed by atoms with Gasteiger partial charge in [0.2, 0.25) is 0 Å². The first-order chi connectivity index (χ1) is 12.0. The maximum Gasteiger partial charge on any atom is 0.340 e. The van der Waals surface area contributed by atoms with Crippen molar-refractivity contribution in [2.45, 2.75) is 6.92 Å². The minimum atomic E-state index is -0.556. The van der Waals surface area contributed by atoms with Gasteiger partial charge in [-0.1, -0.05) is 6.07 Å². The predicted molar refractivity (Wildman–Crippen MR) is 91.7 cm³/mol. The predicted octanol–water partition coefficient (Wildman–Crippen LogP) is 3.05. The van der Waals surface area contributed by atoms with Gasteiger partial charge in [0.1, 0.15) is 0 Å². The quantitative estimate of drug-likeness (QED) is 0.414. The molecule has 0 fully saturated rings. The molecule has 0 bridgehead atoms. The molecule has 0 aliphatic rings. The van der Waals surface area contributed by atoms with E-state index in [1.165, 1.54) is 34.7 Å². The number of non-ortho nitro benzene ring substituents is 1. The molecule has 0 atom stereocenters. The monoisotopic (exact) mass is 338 g/mol.